The summed E-state index contributed by atoms with van der Waals surface area (Å²) in [4.78, 5) is 28.1. The molecule has 0 saturated heterocycles. The lowest BCUT2D eigenvalue weighted by Gasteiger charge is -2.17. The molecule has 0 aliphatic rings. The monoisotopic (exact) mass is 425 g/mol. The maximum Gasteiger partial charge on any atom is 0.242 e. The predicted octanol–water partition coefficient (Wildman–Crippen LogP) is 3.48. The molecule has 0 atom stereocenters. The molecule has 1 heterocycles. The van der Waals surface area contributed by atoms with Crippen LogP contribution in [0.15, 0.2) is 65.7 Å². The molecule has 0 aliphatic carbocycles. The van der Waals surface area contributed by atoms with E-state index in [1.807, 2.05) is 24.3 Å². The summed E-state index contributed by atoms with van der Waals surface area (Å²) >= 11 is 0. The van der Waals surface area contributed by atoms with Crippen molar-refractivity contribution in [1.82, 2.24) is 9.29 Å². The van der Waals surface area contributed by atoms with Crippen LogP contribution in [0.5, 0.6) is 0 Å². The molecule has 0 bridgehead atoms. The van der Waals surface area contributed by atoms with E-state index in [-0.39, 0.29) is 29.6 Å². The summed E-state index contributed by atoms with van der Waals surface area (Å²) in [6.45, 7) is 1.62. The fourth-order valence-corrected chi connectivity index (χ4v) is 4.26. The summed E-state index contributed by atoms with van der Waals surface area (Å²) < 4.78 is 26.5. The number of rotatable bonds is 8. The Morgan fingerprint density at radius 1 is 1.03 bits per heavy atom. The van der Waals surface area contributed by atoms with Gasteiger partial charge in [0.25, 0.3) is 0 Å². The Labute approximate surface area is 175 Å². The normalized spacial score (nSPS) is 11.6. The fourth-order valence-electron chi connectivity index (χ4n) is 3.05. The molecule has 0 aliphatic heterocycles. The van der Waals surface area contributed by atoms with Gasteiger partial charge in [-0.1, -0.05) is 18.2 Å². The van der Waals surface area contributed by atoms with E-state index in [0.29, 0.717) is 17.7 Å². The van der Waals surface area contributed by atoms with Crippen molar-refractivity contribution in [2.24, 2.45) is 0 Å². The maximum atomic E-state index is 12.7. The van der Waals surface area contributed by atoms with Gasteiger partial charge in [-0.25, -0.2) is 12.7 Å². The van der Waals surface area contributed by atoms with Gasteiger partial charge in [0.15, 0.2) is 5.78 Å². The van der Waals surface area contributed by atoms with Gasteiger partial charge >= 0.3 is 0 Å². The number of hydrogen-bond donors (Lipinski definition) is 1. The summed E-state index contributed by atoms with van der Waals surface area (Å²) in [5, 5.41) is 3.72. The van der Waals surface area contributed by atoms with Gasteiger partial charge in [-0.3, -0.25) is 14.6 Å². The number of nitrogens with zero attached hydrogens (tertiary/aromatic N) is 2. The Morgan fingerprint density at radius 2 is 1.77 bits per heavy atom. The zero-order valence-electron chi connectivity index (χ0n) is 16.8. The van der Waals surface area contributed by atoms with Crippen LogP contribution in [0.4, 0.5) is 5.69 Å². The zero-order valence-corrected chi connectivity index (χ0v) is 17.6. The molecular weight excluding hydrogens is 402 g/mol. The highest BCUT2D eigenvalue weighted by molar-refractivity contribution is 7.89. The molecule has 0 unspecified atom stereocenters. The summed E-state index contributed by atoms with van der Waals surface area (Å²) in [5.41, 5.74) is 1.92. The lowest BCUT2D eigenvalue weighted by atomic mass is 10.1. The molecule has 156 valence electrons. The molecule has 1 N–H and O–H groups in total. The van der Waals surface area contributed by atoms with Crippen molar-refractivity contribution in [3.63, 3.8) is 0 Å². The fraction of sp³-hybridized carbons (Fsp3) is 0.227. The number of aromatic nitrogens is 1. The van der Waals surface area contributed by atoms with Crippen LogP contribution in [0.3, 0.4) is 0 Å². The number of carbonyl (C=O) groups is 2. The Balaban J connectivity index is 1.57. The number of sulfonamides is 1. The standard InChI is InChI=1S/C22H23N3O4S/c1-16(26)17-10-12-18(13-11-17)30(28,29)25(2)15-5-9-22(27)24-21-8-3-7-20-19(21)6-4-14-23-20/h3-4,6-8,10-14H,5,9,15H2,1-2H3,(H,24,27). The number of Topliss-reactive ketones (excluding diaryl/α,β-unsaturated/α-hetero) is 1. The Hall–Kier alpha value is -3.10. The van der Waals surface area contributed by atoms with Gasteiger partial charge in [-0.2, -0.15) is 0 Å². The van der Waals surface area contributed by atoms with Crippen LogP contribution >= 0.6 is 0 Å². The molecule has 3 rings (SSSR count). The first-order valence-corrected chi connectivity index (χ1v) is 10.9. The van der Waals surface area contributed by atoms with Crippen LogP contribution in [0.1, 0.15) is 30.1 Å². The number of hydrogen-bond acceptors (Lipinski definition) is 5. The molecule has 2 aromatic carbocycles. The van der Waals surface area contributed by atoms with Crippen LogP contribution < -0.4 is 5.32 Å². The van der Waals surface area contributed by atoms with Crippen molar-refractivity contribution < 1.29 is 18.0 Å². The molecule has 0 fully saturated rings. The van der Waals surface area contributed by atoms with E-state index in [4.69, 9.17) is 0 Å². The van der Waals surface area contributed by atoms with Crippen molar-refractivity contribution in [3.05, 3.63) is 66.4 Å². The van der Waals surface area contributed by atoms with Crippen molar-refractivity contribution >= 4 is 38.3 Å². The van der Waals surface area contributed by atoms with Gasteiger partial charge in [0.2, 0.25) is 15.9 Å². The van der Waals surface area contributed by atoms with Gasteiger partial charge in [0, 0.05) is 37.2 Å². The molecule has 0 saturated carbocycles. The third-order valence-electron chi connectivity index (χ3n) is 4.77. The molecule has 1 aromatic heterocycles. The average Bonchev–Trinajstić information content (AvgIpc) is 2.74. The third kappa shape index (κ3) is 4.90. The van der Waals surface area contributed by atoms with E-state index >= 15 is 0 Å². The lowest BCUT2D eigenvalue weighted by molar-refractivity contribution is -0.116. The second-order valence-electron chi connectivity index (χ2n) is 6.93. The zero-order chi connectivity index (χ0) is 21.7. The highest BCUT2D eigenvalue weighted by Gasteiger charge is 2.21. The summed E-state index contributed by atoms with van der Waals surface area (Å²) in [7, 11) is -2.21. The van der Waals surface area contributed by atoms with Crippen LogP contribution in [-0.4, -0.2) is 43.0 Å². The number of pyridine rings is 1. The largest absolute Gasteiger partial charge is 0.325 e. The second kappa shape index (κ2) is 9.15. The Bertz CT molecular complexity index is 1170. The first kappa shape index (κ1) is 21.6. The first-order valence-electron chi connectivity index (χ1n) is 9.50. The van der Waals surface area contributed by atoms with E-state index in [0.717, 1.165) is 10.9 Å². The minimum absolute atomic E-state index is 0.114. The van der Waals surface area contributed by atoms with Gasteiger partial charge in [-0.05, 0) is 49.7 Å². The second-order valence-corrected chi connectivity index (χ2v) is 8.98. The van der Waals surface area contributed by atoms with Crippen LogP contribution in [-0.2, 0) is 14.8 Å². The van der Waals surface area contributed by atoms with E-state index < -0.39 is 10.0 Å². The van der Waals surface area contributed by atoms with Crippen molar-refractivity contribution in [2.45, 2.75) is 24.7 Å². The van der Waals surface area contributed by atoms with Crippen molar-refractivity contribution in [2.75, 3.05) is 18.9 Å². The van der Waals surface area contributed by atoms with Gasteiger partial charge < -0.3 is 5.32 Å². The molecule has 0 spiro atoms. The number of benzene rings is 2. The summed E-state index contributed by atoms with van der Waals surface area (Å²) in [6.07, 6.45) is 2.24. The lowest BCUT2D eigenvalue weighted by Crippen LogP contribution is -2.28. The van der Waals surface area contributed by atoms with Gasteiger partial charge in [0.1, 0.15) is 0 Å². The summed E-state index contributed by atoms with van der Waals surface area (Å²) in [6, 6.07) is 15.0. The number of amides is 1. The first-order chi connectivity index (χ1) is 14.3. The minimum atomic E-state index is -3.69. The highest BCUT2D eigenvalue weighted by Crippen LogP contribution is 2.21. The van der Waals surface area contributed by atoms with Gasteiger partial charge in [-0.15, -0.1) is 0 Å². The van der Waals surface area contributed by atoms with E-state index in [9.17, 15) is 18.0 Å². The van der Waals surface area contributed by atoms with E-state index in [2.05, 4.69) is 10.3 Å². The molecular formula is C22H23N3O4S. The molecule has 0 radical (unpaired) electrons. The van der Waals surface area contributed by atoms with Crippen LogP contribution in [0, 0.1) is 0 Å². The predicted molar refractivity (Wildman–Crippen MR) is 116 cm³/mol. The molecule has 8 heteroatoms. The third-order valence-corrected chi connectivity index (χ3v) is 6.64. The Kier molecular flexibility index (Phi) is 6.59. The van der Waals surface area contributed by atoms with Gasteiger partial charge in [0.05, 0.1) is 16.1 Å². The smallest absolute Gasteiger partial charge is 0.242 e. The van der Waals surface area contributed by atoms with Crippen molar-refractivity contribution in [1.29, 1.82) is 0 Å². The molecule has 7 nitrogen and oxygen atoms in total. The van der Waals surface area contributed by atoms with Crippen LogP contribution in [0.25, 0.3) is 10.9 Å². The molecule has 3 aromatic rings. The number of ketones is 1. The van der Waals surface area contributed by atoms with E-state index in [1.165, 1.54) is 42.5 Å². The highest BCUT2D eigenvalue weighted by atomic mass is 32.2. The number of nitrogens with one attached hydrogen (secondary N) is 1. The Morgan fingerprint density at radius 3 is 2.47 bits per heavy atom. The summed E-state index contributed by atoms with van der Waals surface area (Å²) in [5.74, 6) is -0.316. The number of carbonyl (C=O) groups excluding carboxylic acids is 2. The van der Waals surface area contributed by atoms with E-state index in [1.54, 1.807) is 12.3 Å². The number of fused-ring (bicyclic) bond motifs is 1. The van der Waals surface area contributed by atoms with Crippen molar-refractivity contribution in [3.8, 4) is 0 Å². The molecule has 30 heavy (non-hydrogen) atoms. The number of anilines is 1. The minimum Gasteiger partial charge on any atom is -0.325 e. The van der Waals surface area contributed by atoms with Crippen LogP contribution in [0.2, 0.25) is 0 Å². The SMILES string of the molecule is CC(=O)c1ccc(S(=O)(=O)N(C)CCCC(=O)Nc2cccc3ncccc23)cc1. The molecule has 1 amide bonds. The topological polar surface area (TPSA) is 96.4 Å². The maximum absolute atomic E-state index is 12.7. The quantitative estimate of drug-likeness (QED) is 0.558. The average molecular weight is 426 g/mol.